The summed E-state index contributed by atoms with van der Waals surface area (Å²) in [5.41, 5.74) is 2.37. The van der Waals surface area contributed by atoms with Crippen molar-refractivity contribution in [2.24, 2.45) is 0 Å². The highest BCUT2D eigenvalue weighted by Crippen LogP contribution is 2.24. The van der Waals surface area contributed by atoms with Crippen molar-refractivity contribution in [1.82, 2.24) is 25.2 Å². The molecule has 2 aliphatic heterocycles. The number of carbonyl (C=O) groups is 2. The standard InChI is InChI=1S/C17H18N6O2/c24-16-13(3-6-19-16)22-15-12-4-7-23(9-14(12)20-10-21-15)17(25)11-2-1-5-18-8-11/h1-2,5,8,10,13H,3-4,6-7,9H2,(H,19,24)(H,20,21,22). The summed E-state index contributed by atoms with van der Waals surface area (Å²) in [5, 5.41) is 6.02. The molecule has 8 heteroatoms. The average Bonchev–Trinajstić information content (AvgIpc) is 3.06. The highest BCUT2D eigenvalue weighted by molar-refractivity contribution is 5.94. The van der Waals surface area contributed by atoms with Crippen molar-refractivity contribution in [2.75, 3.05) is 18.4 Å². The summed E-state index contributed by atoms with van der Waals surface area (Å²) in [6.45, 7) is 1.69. The largest absolute Gasteiger partial charge is 0.358 e. The molecule has 0 aliphatic carbocycles. The van der Waals surface area contributed by atoms with Crippen molar-refractivity contribution >= 4 is 17.6 Å². The van der Waals surface area contributed by atoms with Crippen LogP contribution in [0.2, 0.25) is 0 Å². The van der Waals surface area contributed by atoms with E-state index in [4.69, 9.17) is 0 Å². The number of rotatable bonds is 3. The van der Waals surface area contributed by atoms with E-state index in [2.05, 4.69) is 25.6 Å². The second-order valence-corrected chi connectivity index (χ2v) is 6.14. The lowest BCUT2D eigenvalue weighted by Gasteiger charge is -2.29. The lowest BCUT2D eigenvalue weighted by Crippen LogP contribution is -2.37. The number of anilines is 1. The van der Waals surface area contributed by atoms with Crippen LogP contribution in [-0.2, 0) is 17.8 Å². The van der Waals surface area contributed by atoms with Gasteiger partial charge in [0.25, 0.3) is 5.91 Å². The Morgan fingerprint density at radius 1 is 1.36 bits per heavy atom. The minimum atomic E-state index is -0.256. The zero-order chi connectivity index (χ0) is 17.2. The van der Waals surface area contributed by atoms with Gasteiger partial charge in [-0.1, -0.05) is 0 Å². The molecule has 1 saturated heterocycles. The molecule has 0 bridgehead atoms. The Morgan fingerprint density at radius 2 is 2.28 bits per heavy atom. The van der Waals surface area contributed by atoms with E-state index < -0.39 is 0 Å². The third-order valence-corrected chi connectivity index (χ3v) is 4.56. The smallest absolute Gasteiger partial charge is 0.255 e. The lowest BCUT2D eigenvalue weighted by molar-refractivity contribution is -0.119. The van der Waals surface area contributed by atoms with Crippen molar-refractivity contribution in [3.63, 3.8) is 0 Å². The minimum Gasteiger partial charge on any atom is -0.358 e. The van der Waals surface area contributed by atoms with E-state index >= 15 is 0 Å². The highest BCUT2D eigenvalue weighted by atomic mass is 16.2. The summed E-state index contributed by atoms with van der Waals surface area (Å²) in [7, 11) is 0. The third kappa shape index (κ3) is 3.02. The molecule has 1 atom stereocenters. The third-order valence-electron chi connectivity index (χ3n) is 4.56. The van der Waals surface area contributed by atoms with Gasteiger partial charge in [0.15, 0.2) is 0 Å². The predicted molar refractivity (Wildman–Crippen MR) is 89.8 cm³/mol. The van der Waals surface area contributed by atoms with Gasteiger partial charge in [0.2, 0.25) is 5.91 Å². The first-order valence-electron chi connectivity index (χ1n) is 8.28. The van der Waals surface area contributed by atoms with E-state index in [1.54, 1.807) is 29.4 Å². The van der Waals surface area contributed by atoms with Crippen molar-refractivity contribution in [1.29, 1.82) is 0 Å². The molecular formula is C17H18N6O2. The van der Waals surface area contributed by atoms with Crippen LogP contribution in [0.25, 0.3) is 0 Å². The first-order chi connectivity index (χ1) is 12.2. The fourth-order valence-electron chi connectivity index (χ4n) is 3.22. The summed E-state index contributed by atoms with van der Waals surface area (Å²) >= 11 is 0. The fourth-order valence-corrected chi connectivity index (χ4v) is 3.22. The molecule has 2 aliphatic rings. The van der Waals surface area contributed by atoms with Crippen LogP contribution >= 0.6 is 0 Å². The van der Waals surface area contributed by atoms with Gasteiger partial charge in [0.1, 0.15) is 18.2 Å². The van der Waals surface area contributed by atoms with Crippen molar-refractivity contribution in [2.45, 2.75) is 25.4 Å². The molecule has 2 amide bonds. The number of pyridine rings is 1. The van der Waals surface area contributed by atoms with E-state index in [1.807, 2.05) is 0 Å². The van der Waals surface area contributed by atoms with Crippen LogP contribution in [0.1, 0.15) is 28.0 Å². The number of fused-ring (bicyclic) bond motifs is 1. The molecule has 4 rings (SSSR count). The van der Waals surface area contributed by atoms with Crippen molar-refractivity contribution < 1.29 is 9.59 Å². The molecule has 1 unspecified atom stereocenters. The van der Waals surface area contributed by atoms with Gasteiger partial charge in [-0.25, -0.2) is 9.97 Å². The molecule has 0 spiro atoms. The van der Waals surface area contributed by atoms with Crippen LogP contribution in [0.4, 0.5) is 5.82 Å². The van der Waals surface area contributed by atoms with Crippen LogP contribution < -0.4 is 10.6 Å². The Labute approximate surface area is 144 Å². The van der Waals surface area contributed by atoms with Gasteiger partial charge < -0.3 is 15.5 Å². The minimum absolute atomic E-state index is 0.00319. The van der Waals surface area contributed by atoms with E-state index in [0.29, 0.717) is 37.4 Å². The summed E-state index contributed by atoms with van der Waals surface area (Å²) in [6, 6.07) is 3.26. The maximum atomic E-state index is 12.6. The van der Waals surface area contributed by atoms with Crippen LogP contribution in [0, 0.1) is 0 Å². The van der Waals surface area contributed by atoms with Crippen molar-refractivity contribution in [3.8, 4) is 0 Å². The first-order valence-corrected chi connectivity index (χ1v) is 8.28. The van der Waals surface area contributed by atoms with Crippen LogP contribution in [0.5, 0.6) is 0 Å². The second kappa shape index (κ2) is 6.46. The quantitative estimate of drug-likeness (QED) is 0.839. The molecular weight excluding hydrogens is 320 g/mol. The predicted octanol–water partition coefficient (Wildman–Crippen LogP) is 0.370. The summed E-state index contributed by atoms with van der Waals surface area (Å²) < 4.78 is 0. The molecule has 4 heterocycles. The van der Waals surface area contributed by atoms with E-state index in [-0.39, 0.29) is 17.9 Å². The number of amides is 2. The molecule has 2 aromatic heterocycles. The molecule has 0 saturated carbocycles. The number of nitrogens with one attached hydrogen (secondary N) is 2. The van der Waals surface area contributed by atoms with E-state index in [0.717, 1.165) is 17.7 Å². The summed E-state index contributed by atoms with van der Waals surface area (Å²) in [4.78, 5) is 38.8. The zero-order valence-corrected chi connectivity index (χ0v) is 13.6. The maximum absolute atomic E-state index is 12.6. The molecule has 25 heavy (non-hydrogen) atoms. The van der Waals surface area contributed by atoms with Gasteiger partial charge in [-0.3, -0.25) is 14.6 Å². The number of hydrogen-bond acceptors (Lipinski definition) is 6. The molecule has 0 radical (unpaired) electrons. The Bertz CT molecular complexity index is 810. The Kier molecular flexibility index (Phi) is 4.01. The number of hydrogen-bond donors (Lipinski definition) is 2. The van der Waals surface area contributed by atoms with Gasteiger partial charge in [0, 0.05) is 31.0 Å². The SMILES string of the molecule is O=C1NCCC1Nc1ncnc2c1CCN(C(=O)c1cccnc1)C2. The Morgan fingerprint density at radius 3 is 3.04 bits per heavy atom. The van der Waals surface area contributed by atoms with Crippen LogP contribution in [0.3, 0.4) is 0 Å². The molecule has 0 aromatic carbocycles. The highest BCUT2D eigenvalue weighted by Gasteiger charge is 2.28. The van der Waals surface area contributed by atoms with Gasteiger partial charge in [0.05, 0.1) is 17.8 Å². The monoisotopic (exact) mass is 338 g/mol. The van der Waals surface area contributed by atoms with Crippen LogP contribution in [0.15, 0.2) is 30.9 Å². The fraction of sp³-hybridized carbons (Fsp3) is 0.353. The number of aromatic nitrogens is 3. The molecule has 8 nitrogen and oxygen atoms in total. The van der Waals surface area contributed by atoms with Gasteiger partial charge >= 0.3 is 0 Å². The Hall–Kier alpha value is -3.03. The normalized spacial score (nSPS) is 19.3. The molecule has 2 N–H and O–H groups in total. The molecule has 128 valence electrons. The zero-order valence-electron chi connectivity index (χ0n) is 13.6. The second-order valence-electron chi connectivity index (χ2n) is 6.14. The van der Waals surface area contributed by atoms with E-state index in [1.165, 1.54) is 6.33 Å². The van der Waals surface area contributed by atoms with E-state index in [9.17, 15) is 9.59 Å². The summed E-state index contributed by atoms with van der Waals surface area (Å²) in [5.74, 6) is 0.638. The van der Waals surface area contributed by atoms with Gasteiger partial charge in [-0.15, -0.1) is 0 Å². The number of nitrogens with zero attached hydrogens (tertiary/aromatic N) is 4. The maximum Gasteiger partial charge on any atom is 0.255 e. The van der Waals surface area contributed by atoms with Gasteiger partial charge in [-0.2, -0.15) is 0 Å². The average molecular weight is 338 g/mol. The topological polar surface area (TPSA) is 100 Å². The molecule has 1 fully saturated rings. The van der Waals surface area contributed by atoms with Crippen molar-refractivity contribution in [3.05, 3.63) is 47.7 Å². The Balaban J connectivity index is 1.53. The summed E-state index contributed by atoms with van der Waals surface area (Å²) in [6.07, 6.45) is 6.09. The lowest BCUT2D eigenvalue weighted by atomic mass is 10.0. The van der Waals surface area contributed by atoms with Crippen LogP contribution in [-0.4, -0.2) is 50.8 Å². The molecule has 2 aromatic rings. The number of carbonyl (C=O) groups excluding carboxylic acids is 2. The first kappa shape index (κ1) is 15.5. The van der Waals surface area contributed by atoms with Gasteiger partial charge in [-0.05, 0) is 25.0 Å².